The molecule has 1 N–H and O–H groups in total. The average molecular weight is 320 g/mol. The Balaban J connectivity index is 2.53. The lowest BCUT2D eigenvalue weighted by molar-refractivity contribution is 0.0977. The van der Waals surface area contributed by atoms with Gasteiger partial charge in [0.25, 0.3) is 0 Å². The molecule has 0 spiro atoms. The van der Waals surface area contributed by atoms with Gasteiger partial charge in [-0.1, -0.05) is 43.5 Å². The van der Waals surface area contributed by atoms with Crippen molar-refractivity contribution in [1.82, 2.24) is 5.32 Å². The molecule has 20 heavy (non-hydrogen) atoms. The summed E-state index contributed by atoms with van der Waals surface area (Å²) < 4.78 is 11.2. The second kappa shape index (κ2) is 10.3. The first kappa shape index (κ1) is 17.6. The molecule has 0 aliphatic heterocycles. The van der Waals surface area contributed by atoms with Crippen molar-refractivity contribution in [3.05, 3.63) is 27.7 Å². The normalized spacial score (nSPS) is 10.8. The summed E-state index contributed by atoms with van der Waals surface area (Å²) in [6.45, 7) is 7.59. The van der Waals surface area contributed by atoms with Crippen LogP contribution in [-0.4, -0.2) is 26.4 Å². The minimum Gasteiger partial charge on any atom is -0.489 e. The van der Waals surface area contributed by atoms with E-state index < -0.39 is 0 Å². The van der Waals surface area contributed by atoms with E-state index >= 15 is 0 Å². The largest absolute Gasteiger partial charge is 0.489 e. The molecule has 0 atom stereocenters. The molecule has 1 aromatic rings. The molecule has 0 radical (unpaired) electrons. The van der Waals surface area contributed by atoms with Crippen LogP contribution >= 0.6 is 23.2 Å². The highest BCUT2D eigenvalue weighted by atomic mass is 35.5. The van der Waals surface area contributed by atoms with Crippen LogP contribution in [0, 0.1) is 0 Å². The van der Waals surface area contributed by atoms with Crippen LogP contribution in [0.2, 0.25) is 10.0 Å². The summed E-state index contributed by atoms with van der Waals surface area (Å²) in [5, 5.41) is 4.41. The van der Waals surface area contributed by atoms with E-state index in [0.717, 1.165) is 31.6 Å². The number of rotatable bonds is 10. The van der Waals surface area contributed by atoms with Crippen molar-refractivity contribution in [3.63, 3.8) is 0 Å². The van der Waals surface area contributed by atoms with Gasteiger partial charge in [-0.2, -0.15) is 0 Å². The molecule has 0 aromatic heterocycles. The molecule has 3 nitrogen and oxygen atoms in total. The molecule has 0 unspecified atom stereocenters. The zero-order chi connectivity index (χ0) is 14.8. The molecule has 0 amide bonds. The molecule has 1 rings (SSSR count). The summed E-state index contributed by atoms with van der Waals surface area (Å²) in [4.78, 5) is 0. The van der Waals surface area contributed by atoms with Gasteiger partial charge in [0.2, 0.25) is 0 Å². The Labute approximate surface area is 131 Å². The Bertz CT molecular complexity index is 400. The quantitative estimate of drug-likeness (QED) is 0.652. The Morgan fingerprint density at radius 2 is 1.90 bits per heavy atom. The third kappa shape index (κ3) is 6.31. The van der Waals surface area contributed by atoms with Crippen molar-refractivity contribution in [2.45, 2.75) is 33.2 Å². The van der Waals surface area contributed by atoms with E-state index in [1.165, 1.54) is 0 Å². The van der Waals surface area contributed by atoms with Gasteiger partial charge >= 0.3 is 0 Å². The molecule has 0 saturated carbocycles. The molecule has 5 heteroatoms. The summed E-state index contributed by atoms with van der Waals surface area (Å²) in [6, 6.07) is 3.58. The maximum absolute atomic E-state index is 6.20. The lowest BCUT2D eigenvalue weighted by atomic mass is 10.2. The summed E-state index contributed by atoms with van der Waals surface area (Å²) in [5.41, 5.74) is 0.970. The first-order valence-corrected chi connectivity index (χ1v) is 7.83. The summed E-state index contributed by atoms with van der Waals surface area (Å²) in [6.07, 6.45) is 2.21. The van der Waals surface area contributed by atoms with Gasteiger partial charge in [0.15, 0.2) is 0 Å². The standard InChI is InChI=1S/C15H23Cl2NO2/c1-3-5-6-19-7-8-20-15-12(11-18-4-2)9-13(16)10-14(15)17/h9-10,18H,3-8,11H2,1-2H3. The van der Waals surface area contributed by atoms with Crippen LogP contribution < -0.4 is 10.1 Å². The Morgan fingerprint density at radius 3 is 2.60 bits per heavy atom. The molecule has 0 saturated heterocycles. The zero-order valence-corrected chi connectivity index (χ0v) is 13.7. The van der Waals surface area contributed by atoms with Gasteiger partial charge in [-0.3, -0.25) is 0 Å². The second-order valence-electron chi connectivity index (χ2n) is 4.47. The molecule has 114 valence electrons. The number of halogens is 2. The highest BCUT2D eigenvalue weighted by molar-refractivity contribution is 6.35. The third-order valence-electron chi connectivity index (χ3n) is 2.77. The van der Waals surface area contributed by atoms with Gasteiger partial charge in [-0.05, 0) is 25.1 Å². The highest BCUT2D eigenvalue weighted by Crippen LogP contribution is 2.32. The van der Waals surface area contributed by atoms with Gasteiger partial charge in [0, 0.05) is 23.7 Å². The lowest BCUT2D eigenvalue weighted by Crippen LogP contribution is -2.14. The van der Waals surface area contributed by atoms with Crippen molar-refractivity contribution < 1.29 is 9.47 Å². The maximum atomic E-state index is 6.20. The van der Waals surface area contributed by atoms with E-state index in [0.29, 0.717) is 35.6 Å². The summed E-state index contributed by atoms with van der Waals surface area (Å²) in [7, 11) is 0. The molecular weight excluding hydrogens is 297 g/mol. The number of hydrogen-bond acceptors (Lipinski definition) is 3. The molecule has 0 aliphatic rings. The second-order valence-corrected chi connectivity index (χ2v) is 5.31. The van der Waals surface area contributed by atoms with Crippen LogP contribution in [0.3, 0.4) is 0 Å². The molecule has 0 heterocycles. The Morgan fingerprint density at radius 1 is 1.10 bits per heavy atom. The summed E-state index contributed by atoms with van der Waals surface area (Å²) in [5.74, 6) is 0.691. The van der Waals surface area contributed by atoms with E-state index in [4.69, 9.17) is 32.7 Å². The molecular formula is C15H23Cl2NO2. The van der Waals surface area contributed by atoms with Gasteiger partial charge in [0.05, 0.1) is 11.6 Å². The van der Waals surface area contributed by atoms with Crippen LogP contribution in [0.5, 0.6) is 5.75 Å². The van der Waals surface area contributed by atoms with Crippen molar-refractivity contribution in [1.29, 1.82) is 0 Å². The van der Waals surface area contributed by atoms with Crippen molar-refractivity contribution in [3.8, 4) is 5.75 Å². The lowest BCUT2D eigenvalue weighted by Gasteiger charge is -2.14. The van der Waals surface area contributed by atoms with Crippen LogP contribution in [0.4, 0.5) is 0 Å². The van der Waals surface area contributed by atoms with E-state index in [1.54, 1.807) is 6.07 Å². The number of nitrogens with one attached hydrogen (secondary N) is 1. The SMILES string of the molecule is CCCCOCCOc1c(Cl)cc(Cl)cc1CNCC. The fraction of sp³-hybridized carbons (Fsp3) is 0.600. The highest BCUT2D eigenvalue weighted by Gasteiger charge is 2.10. The molecule has 0 fully saturated rings. The topological polar surface area (TPSA) is 30.5 Å². The predicted molar refractivity (Wildman–Crippen MR) is 85.1 cm³/mol. The van der Waals surface area contributed by atoms with Crippen LogP contribution in [0.25, 0.3) is 0 Å². The first-order chi connectivity index (χ1) is 9.69. The van der Waals surface area contributed by atoms with Gasteiger partial charge < -0.3 is 14.8 Å². The molecule has 1 aromatic carbocycles. The van der Waals surface area contributed by atoms with Gasteiger partial charge in [-0.25, -0.2) is 0 Å². The van der Waals surface area contributed by atoms with Crippen molar-refractivity contribution >= 4 is 23.2 Å². The van der Waals surface area contributed by atoms with Gasteiger partial charge in [-0.15, -0.1) is 0 Å². The Hall–Kier alpha value is -0.480. The van der Waals surface area contributed by atoms with Crippen LogP contribution in [0.15, 0.2) is 12.1 Å². The minimum atomic E-state index is 0.490. The first-order valence-electron chi connectivity index (χ1n) is 7.08. The number of ether oxygens (including phenoxy) is 2. The van der Waals surface area contributed by atoms with E-state index in [2.05, 4.69) is 12.2 Å². The molecule has 0 bridgehead atoms. The minimum absolute atomic E-state index is 0.490. The van der Waals surface area contributed by atoms with E-state index in [9.17, 15) is 0 Å². The van der Waals surface area contributed by atoms with Crippen LogP contribution in [0.1, 0.15) is 32.3 Å². The number of unbranched alkanes of at least 4 members (excludes halogenated alkanes) is 1. The van der Waals surface area contributed by atoms with E-state index in [1.807, 2.05) is 13.0 Å². The fourth-order valence-corrected chi connectivity index (χ4v) is 2.31. The fourth-order valence-electron chi connectivity index (χ4n) is 1.72. The van der Waals surface area contributed by atoms with E-state index in [-0.39, 0.29) is 0 Å². The third-order valence-corrected chi connectivity index (χ3v) is 3.27. The van der Waals surface area contributed by atoms with Gasteiger partial charge in [0.1, 0.15) is 12.4 Å². The average Bonchev–Trinajstić information content (AvgIpc) is 2.42. The Kier molecular flexibility index (Phi) is 9.03. The number of hydrogen-bond donors (Lipinski definition) is 1. The predicted octanol–water partition coefficient (Wildman–Crippen LogP) is 4.30. The number of benzene rings is 1. The maximum Gasteiger partial charge on any atom is 0.142 e. The zero-order valence-electron chi connectivity index (χ0n) is 12.2. The van der Waals surface area contributed by atoms with Crippen molar-refractivity contribution in [2.24, 2.45) is 0 Å². The smallest absolute Gasteiger partial charge is 0.142 e. The van der Waals surface area contributed by atoms with Crippen LogP contribution in [-0.2, 0) is 11.3 Å². The summed E-state index contributed by atoms with van der Waals surface area (Å²) >= 11 is 12.2. The molecule has 0 aliphatic carbocycles. The van der Waals surface area contributed by atoms with Crippen molar-refractivity contribution in [2.75, 3.05) is 26.4 Å². The monoisotopic (exact) mass is 319 g/mol.